The Kier molecular flexibility index (Phi) is 4.11. The minimum absolute atomic E-state index is 0.00217. The second-order valence-electron chi connectivity index (χ2n) is 5.16. The van der Waals surface area contributed by atoms with Crippen molar-refractivity contribution in [1.82, 2.24) is 0 Å². The van der Waals surface area contributed by atoms with Gasteiger partial charge in [0.2, 0.25) is 0 Å². The molecule has 0 fully saturated rings. The van der Waals surface area contributed by atoms with Crippen LogP contribution in [-0.4, -0.2) is 31.6 Å². The average molecular weight is 297 g/mol. The van der Waals surface area contributed by atoms with Crippen molar-refractivity contribution < 1.29 is 14.6 Å². The van der Waals surface area contributed by atoms with Crippen LogP contribution in [0.25, 0.3) is 0 Å². The number of fused-ring (bicyclic) bond motifs is 1. The zero-order chi connectivity index (χ0) is 15.5. The summed E-state index contributed by atoms with van der Waals surface area (Å²) in [4.78, 5) is 4.69. The number of methoxy groups -OCH3 is 2. The third kappa shape index (κ3) is 2.46. The topological polar surface area (TPSA) is 51.0 Å². The Labute approximate surface area is 130 Å². The first-order valence-electron chi connectivity index (χ1n) is 7.27. The number of aliphatic hydroxyl groups excluding tert-OH is 1. The van der Waals surface area contributed by atoms with Crippen molar-refractivity contribution in [2.24, 2.45) is 4.99 Å². The van der Waals surface area contributed by atoms with Gasteiger partial charge in [-0.3, -0.25) is 4.99 Å². The van der Waals surface area contributed by atoms with Gasteiger partial charge in [0.05, 0.1) is 26.5 Å². The predicted molar refractivity (Wildman–Crippen MR) is 86.1 cm³/mol. The van der Waals surface area contributed by atoms with Crippen molar-refractivity contribution in [3.63, 3.8) is 0 Å². The minimum atomic E-state index is -0.00217. The van der Waals surface area contributed by atoms with E-state index in [0.29, 0.717) is 5.75 Å². The first-order valence-corrected chi connectivity index (χ1v) is 7.27. The summed E-state index contributed by atoms with van der Waals surface area (Å²) in [5.74, 6) is 1.43. The molecule has 0 bridgehead atoms. The second kappa shape index (κ2) is 6.20. The van der Waals surface area contributed by atoms with E-state index in [1.54, 1.807) is 14.2 Å². The SMILES string of the molecule is COc1cc2c(cc1OC)C(c1ccccc1CO)=NCC2. The lowest BCUT2D eigenvalue weighted by Crippen LogP contribution is -2.16. The van der Waals surface area contributed by atoms with E-state index in [9.17, 15) is 5.11 Å². The van der Waals surface area contributed by atoms with Crippen LogP contribution in [0.1, 0.15) is 22.3 Å². The fourth-order valence-corrected chi connectivity index (χ4v) is 2.84. The fraction of sp³-hybridized carbons (Fsp3) is 0.278. The summed E-state index contributed by atoms with van der Waals surface area (Å²) in [6.45, 7) is 0.732. The molecule has 0 radical (unpaired) electrons. The summed E-state index contributed by atoms with van der Waals surface area (Å²) in [5, 5.41) is 9.58. The number of rotatable bonds is 4. The molecule has 0 aromatic heterocycles. The molecule has 22 heavy (non-hydrogen) atoms. The number of hydrogen-bond donors (Lipinski definition) is 1. The van der Waals surface area contributed by atoms with E-state index < -0.39 is 0 Å². The van der Waals surface area contributed by atoms with Gasteiger partial charge in [0.15, 0.2) is 11.5 Å². The van der Waals surface area contributed by atoms with E-state index in [-0.39, 0.29) is 6.61 Å². The van der Waals surface area contributed by atoms with E-state index in [4.69, 9.17) is 9.47 Å². The minimum Gasteiger partial charge on any atom is -0.493 e. The number of aliphatic imine (C=N–C) groups is 1. The van der Waals surface area contributed by atoms with Crippen LogP contribution in [0.2, 0.25) is 0 Å². The lowest BCUT2D eigenvalue weighted by atomic mass is 9.90. The van der Waals surface area contributed by atoms with Crippen molar-refractivity contribution in [3.05, 3.63) is 58.7 Å². The Balaban J connectivity index is 2.16. The molecule has 4 nitrogen and oxygen atoms in total. The van der Waals surface area contributed by atoms with Gasteiger partial charge in [-0.1, -0.05) is 24.3 Å². The van der Waals surface area contributed by atoms with Crippen LogP contribution in [0, 0.1) is 0 Å². The Hall–Kier alpha value is -2.33. The van der Waals surface area contributed by atoms with Gasteiger partial charge in [-0.2, -0.15) is 0 Å². The molecule has 0 spiro atoms. The van der Waals surface area contributed by atoms with Crippen molar-refractivity contribution in [2.45, 2.75) is 13.0 Å². The molecule has 0 saturated carbocycles. The lowest BCUT2D eigenvalue weighted by Gasteiger charge is -2.21. The molecule has 0 aliphatic carbocycles. The van der Waals surface area contributed by atoms with Crippen molar-refractivity contribution in [3.8, 4) is 11.5 Å². The van der Waals surface area contributed by atoms with Gasteiger partial charge in [-0.25, -0.2) is 0 Å². The zero-order valence-corrected chi connectivity index (χ0v) is 12.8. The Morgan fingerprint density at radius 3 is 2.50 bits per heavy atom. The molecule has 1 heterocycles. The van der Waals surface area contributed by atoms with Crippen LogP contribution in [0.5, 0.6) is 11.5 Å². The summed E-state index contributed by atoms with van der Waals surface area (Å²) in [6, 6.07) is 11.8. The lowest BCUT2D eigenvalue weighted by molar-refractivity contribution is 0.281. The maximum Gasteiger partial charge on any atom is 0.161 e. The Morgan fingerprint density at radius 2 is 1.77 bits per heavy atom. The second-order valence-corrected chi connectivity index (χ2v) is 5.16. The number of ether oxygens (including phenoxy) is 2. The predicted octanol–water partition coefficient (Wildman–Crippen LogP) is 2.59. The third-order valence-electron chi connectivity index (χ3n) is 3.96. The molecular formula is C18H19NO3. The highest BCUT2D eigenvalue weighted by Crippen LogP contribution is 2.34. The van der Waals surface area contributed by atoms with E-state index in [1.165, 1.54) is 5.56 Å². The van der Waals surface area contributed by atoms with E-state index in [0.717, 1.165) is 41.1 Å². The molecule has 2 aromatic carbocycles. The van der Waals surface area contributed by atoms with Gasteiger partial charge in [0, 0.05) is 17.7 Å². The molecule has 1 N–H and O–H groups in total. The highest BCUT2D eigenvalue weighted by molar-refractivity contribution is 6.15. The molecule has 1 aliphatic heterocycles. The van der Waals surface area contributed by atoms with E-state index in [1.807, 2.05) is 36.4 Å². The number of aliphatic hydroxyl groups is 1. The Bertz CT molecular complexity index is 722. The number of hydrogen-bond acceptors (Lipinski definition) is 4. The first-order chi connectivity index (χ1) is 10.8. The molecule has 4 heteroatoms. The monoisotopic (exact) mass is 297 g/mol. The molecule has 0 atom stereocenters. The maximum absolute atomic E-state index is 9.58. The van der Waals surface area contributed by atoms with Crippen LogP contribution >= 0.6 is 0 Å². The third-order valence-corrected chi connectivity index (χ3v) is 3.96. The quantitative estimate of drug-likeness (QED) is 0.943. The van der Waals surface area contributed by atoms with Gasteiger partial charge in [-0.15, -0.1) is 0 Å². The van der Waals surface area contributed by atoms with Crippen molar-refractivity contribution >= 4 is 5.71 Å². The largest absolute Gasteiger partial charge is 0.493 e. The summed E-state index contributed by atoms with van der Waals surface area (Å²) in [6.07, 6.45) is 0.875. The molecule has 3 rings (SSSR count). The standard InChI is InChI=1S/C18H19NO3/c1-21-16-9-12-7-8-19-18(15(12)10-17(16)22-2)14-6-4-3-5-13(14)11-20/h3-6,9-10,20H,7-8,11H2,1-2H3. The van der Waals surface area contributed by atoms with Crippen LogP contribution < -0.4 is 9.47 Å². The summed E-state index contributed by atoms with van der Waals surface area (Å²) in [5.41, 5.74) is 4.99. The van der Waals surface area contributed by atoms with Crippen LogP contribution in [0.3, 0.4) is 0 Å². The normalized spacial score (nSPS) is 13.3. The van der Waals surface area contributed by atoms with Gasteiger partial charge < -0.3 is 14.6 Å². The number of nitrogens with zero attached hydrogens (tertiary/aromatic N) is 1. The van der Waals surface area contributed by atoms with Crippen molar-refractivity contribution in [2.75, 3.05) is 20.8 Å². The molecule has 2 aromatic rings. The molecule has 114 valence electrons. The van der Waals surface area contributed by atoms with Crippen LogP contribution in [0.15, 0.2) is 41.4 Å². The summed E-state index contributed by atoms with van der Waals surface area (Å²) in [7, 11) is 3.27. The van der Waals surface area contributed by atoms with Gasteiger partial charge in [0.1, 0.15) is 0 Å². The molecule has 1 aliphatic rings. The fourth-order valence-electron chi connectivity index (χ4n) is 2.84. The Morgan fingerprint density at radius 1 is 1.05 bits per heavy atom. The van der Waals surface area contributed by atoms with Crippen LogP contribution in [0.4, 0.5) is 0 Å². The number of benzene rings is 2. The summed E-state index contributed by atoms with van der Waals surface area (Å²) < 4.78 is 10.8. The smallest absolute Gasteiger partial charge is 0.161 e. The van der Waals surface area contributed by atoms with Crippen LogP contribution in [-0.2, 0) is 13.0 Å². The highest BCUT2D eigenvalue weighted by atomic mass is 16.5. The molecule has 0 amide bonds. The van der Waals surface area contributed by atoms with E-state index in [2.05, 4.69) is 4.99 Å². The molecular weight excluding hydrogens is 278 g/mol. The zero-order valence-electron chi connectivity index (χ0n) is 12.8. The van der Waals surface area contributed by atoms with Crippen molar-refractivity contribution in [1.29, 1.82) is 0 Å². The first kappa shape index (κ1) is 14.6. The average Bonchev–Trinajstić information content (AvgIpc) is 2.59. The maximum atomic E-state index is 9.58. The van der Waals surface area contributed by atoms with Gasteiger partial charge in [-0.05, 0) is 29.7 Å². The molecule has 0 unspecified atom stereocenters. The van der Waals surface area contributed by atoms with Gasteiger partial charge >= 0.3 is 0 Å². The highest BCUT2D eigenvalue weighted by Gasteiger charge is 2.21. The summed E-state index contributed by atoms with van der Waals surface area (Å²) >= 11 is 0. The van der Waals surface area contributed by atoms with E-state index >= 15 is 0 Å². The molecule has 0 saturated heterocycles. The van der Waals surface area contributed by atoms with Gasteiger partial charge in [0.25, 0.3) is 0 Å².